The van der Waals surface area contributed by atoms with E-state index in [0.717, 1.165) is 55.7 Å². The Kier molecular flexibility index (Phi) is 4.27. The zero-order chi connectivity index (χ0) is 26.2. The van der Waals surface area contributed by atoms with Gasteiger partial charge in [-0.2, -0.15) is 0 Å². The van der Waals surface area contributed by atoms with Gasteiger partial charge in [0, 0.05) is 39.5 Å². The molecule has 9 aromatic rings. The summed E-state index contributed by atoms with van der Waals surface area (Å²) in [4.78, 5) is 14.6. The molecule has 4 aromatic carbocycles. The Morgan fingerprint density at radius 3 is 2.17 bits per heavy atom. The van der Waals surface area contributed by atoms with Crippen molar-refractivity contribution in [3.05, 3.63) is 128 Å². The molecule has 0 aliphatic heterocycles. The molecular formula is C35H21N5. The Hall–Kier alpha value is -5.55. The Labute approximate surface area is 228 Å². The molecule has 0 spiro atoms. The summed E-state index contributed by atoms with van der Waals surface area (Å²) in [6.07, 6.45) is 3.64. The molecule has 9 rings (SSSR count). The van der Waals surface area contributed by atoms with Crippen molar-refractivity contribution in [3.63, 3.8) is 0 Å². The highest BCUT2D eigenvalue weighted by atomic mass is 15.1. The molecule has 5 aromatic heterocycles. The number of pyridine rings is 3. The first-order chi connectivity index (χ1) is 19.9. The van der Waals surface area contributed by atoms with Crippen LogP contribution >= 0.6 is 0 Å². The van der Waals surface area contributed by atoms with Gasteiger partial charge in [-0.25, -0.2) is 9.97 Å². The van der Waals surface area contributed by atoms with E-state index in [-0.39, 0.29) is 0 Å². The first-order valence-electron chi connectivity index (χ1n) is 13.4. The zero-order valence-corrected chi connectivity index (χ0v) is 21.4. The maximum absolute atomic E-state index is 5.22. The Balaban J connectivity index is 1.49. The predicted molar refractivity (Wildman–Crippen MR) is 163 cm³/mol. The largest absolute Gasteiger partial charge is 0.294 e. The molecule has 0 radical (unpaired) electrons. The van der Waals surface area contributed by atoms with Crippen molar-refractivity contribution in [2.75, 3.05) is 0 Å². The lowest BCUT2D eigenvalue weighted by Crippen LogP contribution is -1.98. The van der Waals surface area contributed by atoms with E-state index in [1.54, 1.807) is 6.20 Å². The number of aromatic nitrogens is 5. The fourth-order valence-electron chi connectivity index (χ4n) is 6.32. The normalized spacial score (nSPS) is 12.0. The summed E-state index contributed by atoms with van der Waals surface area (Å²) in [7, 11) is 0. The third-order valence-corrected chi connectivity index (χ3v) is 7.98. The van der Waals surface area contributed by atoms with Gasteiger partial charge in [-0.3, -0.25) is 14.0 Å². The van der Waals surface area contributed by atoms with Crippen LogP contribution in [0.2, 0.25) is 0 Å². The molecule has 0 bridgehead atoms. The standard InChI is InChI=1S/C35H21N5/c1-4-14-28-23(10-1)24-18-19-31-33(34(24)35-38-27-12-3-6-16-30(27)40(28)35)25-11-2-5-15-29(25)39(31)32-17-7-13-26(37-32)22-9-8-20-36-21-22/h1-21H. The molecule has 0 unspecified atom stereocenters. The van der Waals surface area contributed by atoms with Gasteiger partial charge in [0.05, 0.1) is 33.3 Å². The Morgan fingerprint density at radius 1 is 0.500 bits per heavy atom. The number of nitrogens with zero attached hydrogens (tertiary/aromatic N) is 5. The Morgan fingerprint density at radius 2 is 1.30 bits per heavy atom. The number of para-hydroxylation sites is 4. The second-order valence-electron chi connectivity index (χ2n) is 10.1. The van der Waals surface area contributed by atoms with Crippen LogP contribution < -0.4 is 0 Å². The minimum Gasteiger partial charge on any atom is -0.294 e. The molecule has 0 saturated carbocycles. The van der Waals surface area contributed by atoms with Gasteiger partial charge in [-0.05, 0) is 60.0 Å². The maximum atomic E-state index is 5.22. The molecule has 5 heterocycles. The van der Waals surface area contributed by atoms with Gasteiger partial charge in [-0.1, -0.05) is 60.7 Å². The summed E-state index contributed by atoms with van der Waals surface area (Å²) < 4.78 is 4.60. The van der Waals surface area contributed by atoms with Crippen LogP contribution in [0.4, 0.5) is 0 Å². The van der Waals surface area contributed by atoms with Gasteiger partial charge in [-0.15, -0.1) is 0 Å². The predicted octanol–water partition coefficient (Wildman–Crippen LogP) is 8.35. The first-order valence-corrected chi connectivity index (χ1v) is 13.4. The summed E-state index contributed by atoms with van der Waals surface area (Å²) in [5.74, 6) is 0.872. The fraction of sp³-hybridized carbons (Fsp3) is 0. The summed E-state index contributed by atoms with van der Waals surface area (Å²) in [6.45, 7) is 0. The number of rotatable bonds is 2. The van der Waals surface area contributed by atoms with Crippen LogP contribution in [0.25, 0.3) is 77.2 Å². The average molecular weight is 512 g/mol. The number of benzene rings is 4. The van der Waals surface area contributed by atoms with Gasteiger partial charge in [0.2, 0.25) is 0 Å². The van der Waals surface area contributed by atoms with E-state index in [4.69, 9.17) is 9.97 Å². The monoisotopic (exact) mass is 511 g/mol. The maximum Gasteiger partial charge on any atom is 0.147 e. The quantitative estimate of drug-likeness (QED) is 0.219. The molecule has 0 amide bonds. The van der Waals surface area contributed by atoms with E-state index >= 15 is 0 Å². The van der Waals surface area contributed by atoms with Crippen molar-refractivity contribution in [1.29, 1.82) is 0 Å². The zero-order valence-electron chi connectivity index (χ0n) is 21.4. The van der Waals surface area contributed by atoms with E-state index in [9.17, 15) is 0 Å². The molecule has 0 atom stereocenters. The fourth-order valence-corrected chi connectivity index (χ4v) is 6.32. The highest BCUT2D eigenvalue weighted by Gasteiger charge is 2.21. The van der Waals surface area contributed by atoms with Crippen LogP contribution in [0.15, 0.2) is 128 Å². The summed E-state index contributed by atoms with van der Waals surface area (Å²) in [6, 6.07) is 40.3. The minimum absolute atomic E-state index is 0.872. The van der Waals surface area contributed by atoms with Crippen molar-refractivity contribution >= 4 is 60.2 Å². The molecule has 0 fully saturated rings. The van der Waals surface area contributed by atoms with Crippen molar-refractivity contribution in [2.24, 2.45) is 0 Å². The smallest absolute Gasteiger partial charge is 0.147 e. The van der Waals surface area contributed by atoms with E-state index in [2.05, 4.69) is 111 Å². The van der Waals surface area contributed by atoms with E-state index < -0.39 is 0 Å². The highest BCUT2D eigenvalue weighted by molar-refractivity contribution is 6.29. The van der Waals surface area contributed by atoms with Crippen LogP contribution in [-0.4, -0.2) is 23.9 Å². The molecular weight excluding hydrogens is 490 g/mol. The van der Waals surface area contributed by atoms with Crippen molar-refractivity contribution < 1.29 is 0 Å². The van der Waals surface area contributed by atoms with Gasteiger partial charge >= 0.3 is 0 Å². The lowest BCUT2D eigenvalue weighted by atomic mass is 10.0. The molecule has 186 valence electrons. The van der Waals surface area contributed by atoms with Crippen LogP contribution in [0.3, 0.4) is 0 Å². The van der Waals surface area contributed by atoms with Gasteiger partial charge in [0.25, 0.3) is 0 Å². The third kappa shape index (κ3) is 2.83. The van der Waals surface area contributed by atoms with Crippen molar-refractivity contribution in [2.45, 2.75) is 0 Å². The number of hydrogen-bond acceptors (Lipinski definition) is 3. The summed E-state index contributed by atoms with van der Waals surface area (Å²) in [5.41, 5.74) is 8.34. The molecule has 5 heteroatoms. The molecule has 40 heavy (non-hydrogen) atoms. The highest BCUT2D eigenvalue weighted by Crippen LogP contribution is 2.41. The second kappa shape index (κ2) is 7.98. The molecule has 5 nitrogen and oxygen atoms in total. The van der Waals surface area contributed by atoms with Crippen LogP contribution in [0.5, 0.6) is 0 Å². The average Bonchev–Trinajstić information content (AvgIpc) is 3.58. The van der Waals surface area contributed by atoms with Crippen LogP contribution in [0.1, 0.15) is 0 Å². The lowest BCUT2D eigenvalue weighted by Gasteiger charge is -2.12. The van der Waals surface area contributed by atoms with E-state index in [1.807, 2.05) is 24.4 Å². The van der Waals surface area contributed by atoms with Crippen molar-refractivity contribution in [1.82, 2.24) is 23.9 Å². The first kappa shape index (κ1) is 21.4. The van der Waals surface area contributed by atoms with Gasteiger partial charge in [0.1, 0.15) is 11.5 Å². The second-order valence-corrected chi connectivity index (χ2v) is 10.1. The summed E-state index contributed by atoms with van der Waals surface area (Å²) in [5, 5.41) is 5.94. The lowest BCUT2D eigenvalue weighted by molar-refractivity contribution is 1.08. The number of hydrogen-bond donors (Lipinski definition) is 0. The van der Waals surface area contributed by atoms with Gasteiger partial charge < -0.3 is 0 Å². The third-order valence-electron chi connectivity index (χ3n) is 7.98. The minimum atomic E-state index is 0.872. The van der Waals surface area contributed by atoms with E-state index in [0.29, 0.717) is 0 Å². The molecule has 0 aliphatic rings. The Bertz CT molecular complexity index is 2430. The van der Waals surface area contributed by atoms with Crippen LogP contribution in [0, 0.1) is 0 Å². The topological polar surface area (TPSA) is 48.0 Å². The molecule has 0 aliphatic carbocycles. The van der Waals surface area contributed by atoms with Gasteiger partial charge in [0.15, 0.2) is 0 Å². The number of fused-ring (bicyclic) bond motifs is 12. The SMILES string of the molecule is c1cncc(-c2cccc(-n3c4ccccc4c4c5c(ccc43)c3ccccc3n3c4ccccc4nc53)n2)c1. The van der Waals surface area contributed by atoms with Crippen LogP contribution in [-0.2, 0) is 0 Å². The number of imidazole rings is 1. The molecule has 0 saturated heterocycles. The summed E-state index contributed by atoms with van der Waals surface area (Å²) >= 11 is 0. The van der Waals surface area contributed by atoms with Crippen molar-refractivity contribution in [3.8, 4) is 17.1 Å². The van der Waals surface area contributed by atoms with E-state index in [1.165, 1.54) is 21.5 Å². The molecule has 0 N–H and O–H groups in total.